The van der Waals surface area contributed by atoms with Gasteiger partial charge < -0.3 is 0 Å². The van der Waals surface area contributed by atoms with E-state index in [-0.39, 0.29) is 0 Å². The van der Waals surface area contributed by atoms with E-state index < -0.39 is 0 Å². The Bertz CT molecular complexity index is 1390. The summed E-state index contributed by atoms with van der Waals surface area (Å²) in [5.74, 6) is 0.765. The molecule has 0 spiro atoms. The number of benzene rings is 4. The molecule has 0 N–H and O–H groups in total. The molecule has 0 amide bonds. The van der Waals surface area contributed by atoms with Crippen molar-refractivity contribution in [2.45, 2.75) is 27.7 Å². The molecular formula is C36H32N4. The van der Waals surface area contributed by atoms with Crippen molar-refractivity contribution in [2.24, 2.45) is 0 Å². The van der Waals surface area contributed by atoms with Crippen LogP contribution in [0, 0.1) is 27.7 Å². The Morgan fingerprint density at radius 1 is 0.300 bits per heavy atom. The number of aromatic nitrogens is 4. The zero-order valence-electron chi connectivity index (χ0n) is 23.3. The van der Waals surface area contributed by atoms with Gasteiger partial charge in [-0.25, -0.2) is 9.97 Å². The maximum Gasteiger partial charge on any atom is 0.159 e. The zero-order chi connectivity index (χ0) is 27.9. The van der Waals surface area contributed by atoms with Crippen LogP contribution in [-0.2, 0) is 0 Å². The fourth-order valence-electron chi connectivity index (χ4n) is 4.15. The van der Waals surface area contributed by atoms with Gasteiger partial charge in [0, 0.05) is 34.6 Å². The van der Waals surface area contributed by atoms with E-state index in [4.69, 9.17) is 0 Å². The fourth-order valence-corrected chi connectivity index (χ4v) is 4.15. The number of aryl methyl sites for hydroxylation is 4. The molecule has 0 saturated carbocycles. The Morgan fingerprint density at radius 3 is 0.975 bits per heavy atom. The highest BCUT2D eigenvalue weighted by molar-refractivity contribution is 5.65. The van der Waals surface area contributed by atoms with Crippen molar-refractivity contribution in [3.8, 4) is 45.0 Å². The molecule has 0 aliphatic rings. The second-order valence-electron chi connectivity index (χ2n) is 10.0. The smallest absolute Gasteiger partial charge is 0.159 e. The van der Waals surface area contributed by atoms with Crippen molar-refractivity contribution in [1.29, 1.82) is 0 Å². The third-order valence-corrected chi connectivity index (χ3v) is 6.69. The minimum Gasteiger partial charge on any atom is -0.252 e. The molecule has 0 radical (unpaired) electrons. The van der Waals surface area contributed by atoms with Gasteiger partial charge in [0.15, 0.2) is 5.82 Å². The highest BCUT2D eigenvalue weighted by Gasteiger charge is 2.04. The molecule has 40 heavy (non-hydrogen) atoms. The summed E-state index contributed by atoms with van der Waals surface area (Å²) >= 11 is 0. The lowest BCUT2D eigenvalue weighted by atomic mass is 10.1. The standard InChI is InChI=1S/2C18H16N2/c1-13-3-7-15(8-4-13)17-11-20-18(12-19-17)16-9-5-14(2)6-10-16;1-13-3-7-15(8-4-13)17-11-19-18(20-12-17)16-9-5-14(2)6-10-16/h2*3-12H,1-2H3. The van der Waals surface area contributed by atoms with Crippen molar-refractivity contribution >= 4 is 0 Å². The Balaban J connectivity index is 0.000000161. The first-order valence-electron chi connectivity index (χ1n) is 13.4. The van der Waals surface area contributed by atoms with Gasteiger partial charge in [0.25, 0.3) is 0 Å². The summed E-state index contributed by atoms with van der Waals surface area (Å²) in [6.45, 7) is 8.32. The van der Waals surface area contributed by atoms with Gasteiger partial charge in [-0.1, -0.05) is 119 Å². The maximum absolute atomic E-state index is 4.51. The second kappa shape index (κ2) is 12.3. The number of rotatable bonds is 4. The van der Waals surface area contributed by atoms with Crippen molar-refractivity contribution in [2.75, 3.05) is 0 Å². The minimum absolute atomic E-state index is 0.765. The lowest BCUT2D eigenvalue weighted by Crippen LogP contribution is -1.90. The lowest BCUT2D eigenvalue weighted by molar-refractivity contribution is 1.18. The summed E-state index contributed by atoms with van der Waals surface area (Å²) in [4.78, 5) is 18.0. The lowest BCUT2D eigenvalue weighted by Gasteiger charge is -2.04. The molecule has 0 fully saturated rings. The van der Waals surface area contributed by atoms with Gasteiger partial charge in [-0.15, -0.1) is 0 Å². The van der Waals surface area contributed by atoms with E-state index in [1.165, 1.54) is 22.3 Å². The fraction of sp³-hybridized carbons (Fsp3) is 0.111. The average molecular weight is 521 g/mol. The van der Waals surface area contributed by atoms with Gasteiger partial charge in [0.05, 0.1) is 23.8 Å². The zero-order valence-corrected chi connectivity index (χ0v) is 23.3. The van der Waals surface area contributed by atoms with Gasteiger partial charge in [-0.2, -0.15) is 0 Å². The Labute approximate surface area is 236 Å². The molecule has 0 bridgehead atoms. The summed E-state index contributed by atoms with van der Waals surface area (Å²) < 4.78 is 0. The van der Waals surface area contributed by atoms with Crippen LogP contribution in [0.25, 0.3) is 45.0 Å². The van der Waals surface area contributed by atoms with E-state index in [9.17, 15) is 0 Å². The topological polar surface area (TPSA) is 51.6 Å². The molecular weight excluding hydrogens is 488 g/mol. The molecule has 0 atom stereocenters. The number of nitrogens with zero attached hydrogens (tertiary/aromatic N) is 4. The van der Waals surface area contributed by atoms with E-state index in [2.05, 4.69) is 145 Å². The number of hydrogen-bond acceptors (Lipinski definition) is 4. The highest BCUT2D eigenvalue weighted by Crippen LogP contribution is 2.22. The van der Waals surface area contributed by atoms with Crippen LogP contribution >= 0.6 is 0 Å². The van der Waals surface area contributed by atoms with Gasteiger partial charge in [0.1, 0.15) is 0 Å². The first kappa shape index (κ1) is 26.6. The summed E-state index contributed by atoms with van der Waals surface area (Å²) in [7, 11) is 0. The summed E-state index contributed by atoms with van der Waals surface area (Å²) in [5.41, 5.74) is 12.2. The third-order valence-electron chi connectivity index (χ3n) is 6.69. The van der Waals surface area contributed by atoms with Crippen LogP contribution in [0.15, 0.2) is 122 Å². The Kier molecular flexibility index (Phi) is 8.17. The molecule has 0 unspecified atom stereocenters. The van der Waals surface area contributed by atoms with Crippen molar-refractivity contribution in [3.63, 3.8) is 0 Å². The van der Waals surface area contributed by atoms with E-state index >= 15 is 0 Å². The van der Waals surface area contributed by atoms with Gasteiger partial charge >= 0.3 is 0 Å². The first-order chi connectivity index (χ1) is 19.4. The minimum atomic E-state index is 0.765. The van der Waals surface area contributed by atoms with Crippen LogP contribution in [0.5, 0.6) is 0 Å². The van der Waals surface area contributed by atoms with Crippen molar-refractivity contribution in [3.05, 3.63) is 144 Å². The number of hydrogen-bond donors (Lipinski definition) is 0. The first-order valence-corrected chi connectivity index (χ1v) is 13.4. The van der Waals surface area contributed by atoms with Crippen LogP contribution in [0.1, 0.15) is 22.3 Å². The van der Waals surface area contributed by atoms with E-state index in [0.29, 0.717) is 0 Å². The molecule has 0 saturated heterocycles. The van der Waals surface area contributed by atoms with E-state index in [1.54, 1.807) is 0 Å². The van der Waals surface area contributed by atoms with Crippen LogP contribution in [0.4, 0.5) is 0 Å². The van der Waals surface area contributed by atoms with Gasteiger partial charge in [0.2, 0.25) is 0 Å². The van der Waals surface area contributed by atoms with Crippen LogP contribution in [-0.4, -0.2) is 19.9 Å². The average Bonchev–Trinajstić information content (AvgIpc) is 2.99. The second-order valence-corrected chi connectivity index (χ2v) is 10.0. The van der Waals surface area contributed by atoms with Crippen LogP contribution < -0.4 is 0 Å². The molecule has 196 valence electrons. The quantitative estimate of drug-likeness (QED) is 0.233. The summed E-state index contributed by atoms with van der Waals surface area (Å²) in [6, 6.07) is 33.3. The molecule has 4 heteroatoms. The summed E-state index contributed by atoms with van der Waals surface area (Å²) in [5, 5.41) is 0. The molecule has 2 heterocycles. The Morgan fingerprint density at radius 2 is 0.625 bits per heavy atom. The molecule has 0 aliphatic carbocycles. The molecule has 2 aromatic heterocycles. The molecule has 6 rings (SSSR count). The molecule has 4 nitrogen and oxygen atoms in total. The molecule has 0 aliphatic heterocycles. The van der Waals surface area contributed by atoms with Crippen molar-refractivity contribution in [1.82, 2.24) is 19.9 Å². The molecule has 6 aromatic rings. The highest BCUT2D eigenvalue weighted by atomic mass is 14.9. The van der Waals surface area contributed by atoms with E-state index in [0.717, 1.165) is 45.0 Å². The Hall–Kier alpha value is -4.96. The largest absolute Gasteiger partial charge is 0.252 e. The normalized spacial score (nSPS) is 10.5. The van der Waals surface area contributed by atoms with Crippen LogP contribution in [0.3, 0.4) is 0 Å². The molecule has 4 aromatic carbocycles. The predicted molar refractivity (Wildman–Crippen MR) is 165 cm³/mol. The SMILES string of the molecule is Cc1ccc(-c2cnc(-c3ccc(C)cc3)cn2)cc1.Cc1ccc(-c2cnc(-c3ccc(C)cc3)nc2)cc1. The van der Waals surface area contributed by atoms with Crippen LogP contribution in [0.2, 0.25) is 0 Å². The monoisotopic (exact) mass is 520 g/mol. The predicted octanol–water partition coefficient (Wildman–Crippen LogP) is 8.85. The van der Waals surface area contributed by atoms with Crippen molar-refractivity contribution < 1.29 is 0 Å². The maximum atomic E-state index is 4.51. The van der Waals surface area contributed by atoms with Gasteiger partial charge in [-0.3, -0.25) is 9.97 Å². The van der Waals surface area contributed by atoms with Gasteiger partial charge in [-0.05, 0) is 33.3 Å². The third kappa shape index (κ3) is 6.72. The van der Waals surface area contributed by atoms with E-state index in [1.807, 2.05) is 24.8 Å². The summed E-state index contributed by atoms with van der Waals surface area (Å²) in [6.07, 6.45) is 7.43.